The van der Waals surface area contributed by atoms with Crippen molar-refractivity contribution in [3.05, 3.63) is 136 Å². The van der Waals surface area contributed by atoms with Gasteiger partial charge in [-0.3, -0.25) is 14.5 Å². The van der Waals surface area contributed by atoms with Gasteiger partial charge in [0.1, 0.15) is 12.4 Å². The minimum absolute atomic E-state index is 0.0386. The zero-order valence-electron chi connectivity index (χ0n) is 26.2. The topological polar surface area (TPSA) is 102 Å². The summed E-state index contributed by atoms with van der Waals surface area (Å²) >= 11 is 2.73. The molecule has 1 aliphatic heterocycles. The lowest BCUT2D eigenvalue weighted by atomic mass is 9.95. The third-order valence-electron chi connectivity index (χ3n) is 7.67. The van der Waals surface area contributed by atoms with Gasteiger partial charge in [-0.1, -0.05) is 119 Å². The third-order valence-corrected chi connectivity index (χ3v) is 9.80. The van der Waals surface area contributed by atoms with E-state index in [9.17, 15) is 14.7 Å². The van der Waals surface area contributed by atoms with Crippen molar-refractivity contribution in [2.75, 3.05) is 11.5 Å². The number of aryl methyl sites for hydroxylation is 2. The second kappa shape index (κ2) is 14.2. The number of aliphatic hydroxyl groups is 1. The maximum atomic E-state index is 13.8. The molecular formula is C37H33N3O5S2. The van der Waals surface area contributed by atoms with Crippen LogP contribution < -0.4 is 14.4 Å². The summed E-state index contributed by atoms with van der Waals surface area (Å²) in [5.74, 6) is -0.227. The van der Waals surface area contributed by atoms with Crippen molar-refractivity contribution in [2.45, 2.75) is 43.5 Å². The van der Waals surface area contributed by atoms with E-state index in [0.29, 0.717) is 45.9 Å². The highest BCUT2D eigenvalue weighted by Gasteiger charge is 2.48. The summed E-state index contributed by atoms with van der Waals surface area (Å²) in [4.78, 5) is 28.8. The molecule has 6 rings (SSSR count). The number of benzene rings is 4. The molecule has 0 bridgehead atoms. The second-order valence-electron chi connectivity index (χ2n) is 11.1. The molecule has 1 atom stereocenters. The normalized spacial score (nSPS) is 15.6. The van der Waals surface area contributed by atoms with Crippen molar-refractivity contribution in [3.63, 3.8) is 0 Å². The van der Waals surface area contributed by atoms with Crippen molar-refractivity contribution in [3.8, 4) is 11.5 Å². The van der Waals surface area contributed by atoms with Gasteiger partial charge in [0, 0.05) is 11.3 Å². The summed E-state index contributed by atoms with van der Waals surface area (Å²) in [7, 11) is 0. The van der Waals surface area contributed by atoms with Gasteiger partial charge in [0.25, 0.3) is 5.78 Å². The number of anilines is 1. The molecule has 0 aliphatic carbocycles. The Morgan fingerprint density at radius 1 is 0.851 bits per heavy atom. The number of carbonyl (C=O) groups excluding carboxylic acids is 2. The van der Waals surface area contributed by atoms with Gasteiger partial charge < -0.3 is 14.6 Å². The molecule has 1 amide bonds. The molecule has 1 unspecified atom stereocenters. The highest BCUT2D eigenvalue weighted by molar-refractivity contribution is 8.00. The molecule has 4 aromatic carbocycles. The zero-order valence-corrected chi connectivity index (χ0v) is 27.8. The van der Waals surface area contributed by atoms with E-state index in [4.69, 9.17) is 9.47 Å². The van der Waals surface area contributed by atoms with E-state index < -0.39 is 17.7 Å². The van der Waals surface area contributed by atoms with Gasteiger partial charge in [-0.15, -0.1) is 10.2 Å². The summed E-state index contributed by atoms with van der Waals surface area (Å²) in [6.45, 7) is 6.55. The highest BCUT2D eigenvalue weighted by Crippen LogP contribution is 2.45. The van der Waals surface area contributed by atoms with E-state index in [1.807, 2.05) is 63.2 Å². The first kappa shape index (κ1) is 32.0. The van der Waals surface area contributed by atoms with E-state index in [1.54, 1.807) is 30.3 Å². The van der Waals surface area contributed by atoms with Gasteiger partial charge in [-0.25, -0.2) is 0 Å². The molecule has 0 saturated carbocycles. The summed E-state index contributed by atoms with van der Waals surface area (Å²) in [6, 6.07) is 29.5. The third kappa shape index (κ3) is 7.08. The second-order valence-corrected chi connectivity index (χ2v) is 13.3. The molecule has 47 heavy (non-hydrogen) atoms. The van der Waals surface area contributed by atoms with Crippen LogP contribution in [0.4, 0.5) is 5.13 Å². The number of amides is 1. The number of carbonyl (C=O) groups is 2. The summed E-state index contributed by atoms with van der Waals surface area (Å²) in [5, 5.41) is 20.5. The lowest BCUT2D eigenvalue weighted by Gasteiger charge is -2.23. The van der Waals surface area contributed by atoms with Crippen LogP contribution in [-0.4, -0.2) is 33.6 Å². The average molecular weight is 664 g/mol. The predicted octanol–water partition coefficient (Wildman–Crippen LogP) is 8.05. The van der Waals surface area contributed by atoms with Gasteiger partial charge >= 0.3 is 5.91 Å². The van der Waals surface area contributed by atoms with Gasteiger partial charge in [0.2, 0.25) is 5.13 Å². The maximum absolute atomic E-state index is 13.8. The number of ketones is 1. The van der Waals surface area contributed by atoms with Gasteiger partial charge in [-0.2, -0.15) is 0 Å². The highest BCUT2D eigenvalue weighted by atomic mass is 32.2. The fraction of sp³-hybridized carbons (Fsp3) is 0.189. The van der Waals surface area contributed by atoms with Crippen LogP contribution in [0.1, 0.15) is 46.3 Å². The first-order valence-corrected chi connectivity index (χ1v) is 17.0. The van der Waals surface area contributed by atoms with Crippen LogP contribution in [0.15, 0.2) is 107 Å². The number of rotatable bonds is 11. The lowest BCUT2D eigenvalue weighted by Crippen LogP contribution is -2.29. The van der Waals surface area contributed by atoms with Crippen LogP contribution in [0.3, 0.4) is 0 Å². The van der Waals surface area contributed by atoms with Crippen molar-refractivity contribution in [2.24, 2.45) is 0 Å². The van der Waals surface area contributed by atoms with E-state index in [0.717, 1.165) is 16.7 Å². The number of thioether (sulfide) groups is 1. The Kier molecular flexibility index (Phi) is 9.70. The Bertz CT molecular complexity index is 1920. The molecule has 10 heteroatoms. The molecule has 2 heterocycles. The molecule has 0 spiro atoms. The van der Waals surface area contributed by atoms with Crippen LogP contribution in [0.5, 0.6) is 11.5 Å². The van der Waals surface area contributed by atoms with Gasteiger partial charge in [0.05, 0.1) is 18.2 Å². The maximum Gasteiger partial charge on any atom is 0.301 e. The standard InChI is InChI=1S/C37H33N3O5S2/c1-4-44-30-20-28(18-19-29(30)45-21-25-8-6-5-7-9-25)32-31(33(41)27-16-12-24(3)13-17-27)34(42)35(43)40(32)36-38-39-37(47-36)46-22-26-14-10-23(2)11-15-26/h5-20,32,41H,4,21-22H2,1-3H3. The first-order chi connectivity index (χ1) is 22.8. The molecule has 1 N–H and O–H groups in total. The monoisotopic (exact) mass is 663 g/mol. The van der Waals surface area contributed by atoms with Crippen molar-refractivity contribution >= 4 is 45.7 Å². The minimum Gasteiger partial charge on any atom is -0.507 e. The number of aromatic nitrogens is 2. The SMILES string of the molecule is CCOc1cc(C2C(=C(O)c3ccc(C)cc3)C(=O)C(=O)N2c2nnc(SCc3ccc(C)cc3)s2)ccc1OCc1ccccc1. The number of hydrogen-bond donors (Lipinski definition) is 1. The fourth-order valence-electron chi connectivity index (χ4n) is 5.22. The van der Waals surface area contributed by atoms with E-state index in [-0.39, 0.29) is 16.5 Å². The van der Waals surface area contributed by atoms with E-state index in [2.05, 4.69) is 34.5 Å². The number of ether oxygens (including phenoxy) is 2. The Balaban J connectivity index is 1.39. The smallest absolute Gasteiger partial charge is 0.301 e. The Morgan fingerprint density at radius 3 is 2.26 bits per heavy atom. The molecule has 0 radical (unpaired) electrons. The minimum atomic E-state index is -0.985. The van der Waals surface area contributed by atoms with Crippen molar-refractivity contribution < 1.29 is 24.2 Å². The van der Waals surface area contributed by atoms with Crippen LogP contribution in [0.25, 0.3) is 5.76 Å². The van der Waals surface area contributed by atoms with Crippen molar-refractivity contribution in [1.29, 1.82) is 0 Å². The lowest BCUT2D eigenvalue weighted by molar-refractivity contribution is -0.132. The van der Waals surface area contributed by atoms with Crippen molar-refractivity contribution in [1.82, 2.24) is 10.2 Å². The number of nitrogens with zero attached hydrogens (tertiary/aromatic N) is 3. The average Bonchev–Trinajstić information content (AvgIpc) is 3.66. The van der Waals surface area contributed by atoms with Crippen LogP contribution in [0.2, 0.25) is 0 Å². The molecule has 1 aromatic heterocycles. The molecule has 238 valence electrons. The van der Waals surface area contributed by atoms with Gasteiger partial charge in [-0.05, 0) is 49.6 Å². The largest absolute Gasteiger partial charge is 0.507 e. The van der Waals surface area contributed by atoms with Gasteiger partial charge in [0.15, 0.2) is 15.8 Å². The van der Waals surface area contributed by atoms with Crippen LogP contribution in [0, 0.1) is 13.8 Å². The number of hydrogen-bond acceptors (Lipinski definition) is 9. The fourth-order valence-corrected chi connectivity index (χ4v) is 7.04. The van der Waals surface area contributed by atoms with Crippen LogP contribution in [-0.2, 0) is 21.9 Å². The molecule has 1 fully saturated rings. The molecular weight excluding hydrogens is 631 g/mol. The Hall–Kier alpha value is -4.93. The molecule has 5 aromatic rings. The Morgan fingerprint density at radius 2 is 1.55 bits per heavy atom. The quantitative estimate of drug-likeness (QED) is 0.0498. The molecule has 8 nitrogen and oxygen atoms in total. The van der Waals surface area contributed by atoms with Crippen LogP contribution >= 0.6 is 23.1 Å². The summed E-state index contributed by atoms with van der Waals surface area (Å²) < 4.78 is 12.7. The Labute approximate surface area is 281 Å². The summed E-state index contributed by atoms with van der Waals surface area (Å²) in [6.07, 6.45) is 0. The zero-order chi connectivity index (χ0) is 32.9. The molecule has 1 saturated heterocycles. The molecule has 1 aliphatic rings. The predicted molar refractivity (Wildman–Crippen MR) is 185 cm³/mol. The number of Topliss-reactive ketones (excluding diaryl/α,β-unsaturated/α-hetero) is 1. The number of aliphatic hydroxyl groups excluding tert-OH is 1. The summed E-state index contributed by atoms with van der Waals surface area (Å²) in [5.41, 5.74) is 5.25. The first-order valence-electron chi connectivity index (χ1n) is 15.2. The van der Waals surface area contributed by atoms with E-state index >= 15 is 0 Å². The van der Waals surface area contributed by atoms with E-state index in [1.165, 1.54) is 33.6 Å².